The van der Waals surface area contributed by atoms with Crippen molar-refractivity contribution < 1.29 is 4.42 Å². The summed E-state index contributed by atoms with van der Waals surface area (Å²) in [6.07, 6.45) is 3.75. The van der Waals surface area contributed by atoms with Crippen LogP contribution in [-0.4, -0.2) is 19.9 Å². The van der Waals surface area contributed by atoms with Crippen LogP contribution >= 0.6 is 0 Å². The van der Waals surface area contributed by atoms with E-state index in [1.807, 2.05) is 103 Å². The Bertz CT molecular complexity index is 2180. The summed E-state index contributed by atoms with van der Waals surface area (Å²) in [6, 6.07) is 44.9. The van der Waals surface area contributed by atoms with Crippen LogP contribution in [0.25, 0.3) is 78.4 Å². The maximum Gasteiger partial charge on any atom is 0.164 e. The maximum absolute atomic E-state index is 6.29. The van der Waals surface area contributed by atoms with Gasteiger partial charge in [-0.1, -0.05) is 115 Å². The first kappa shape index (κ1) is 24.8. The fraction of sp³-hybridized carbons (Fsp3) is 0. The first-order valence-corrected chi connectivity index (χ1v) is 14.1. The smallest absolute Gasteiger partial charge is 0.164 e. The van der Waals surface area contributed by atoms with Crippen molar-refractivity contribution in [2.75, 3.05) is 0 Å². The van der Waals surface area contributed by atoms with Crippen LogP contribution in [0.2, 0.25) is 0 Å². The van der Waals surface area contributed by atoms with E-state index in [0.29, 0.717) is 17.5 Å². The first-order valence-electron chi connectivity index (χ1n) is 14.1. The number of benzene rings is 5. The molecule has 3 aromatic heterocycles. The minimum atomic E-state index is 0.627. The van der Waals surface area contributed by atoms with Crippen LogP contribution in [0.1, 0.15) is 0 Å². The van der Waals surface area contributed by atoms with Crippen LogP contribution in [0.15, 0.2) is 150 Å². The van der Waals surface area contributed by atoms with Gasteiger partial charge >= 0.3 is 0 Å². The molecule has 202 valence electrons. The number of fused-ring (bicyclic) bond motifs is 3. The molecule has 0 saturated heterocycles. The summed E-state index contributed by atoms with van der Waals surface area (Å²) >= 11 is 0. The Morgan fingerprint density at radius 1 is 0.395 bits per heavy atom. The highest BCUT2D eigenvalue weighted by molar-refractivity contribution is 6.09. The predicted molar refractivity (Wildman–Crippen MR) is 172 cm³/mol. The standard InChI is InChI=1S/C38H24N4O/c1-3-11-25(12-4-1)36-40-37(26-13-5-2-6-14-26)42-38(41-36)30-18-10-16-28(22-30)27-15-9-17-29(21-27)32-23-39-24-33-31-19-7-8-20-34(31)43-35(32)33/h1-24H. The zero-order chi connectivity index (χ0) is 28.6. The number of pyridine rings is 1. The highest BCUT2D eigenvalue weighted by Crippen LogP contribution is 2.36. The van der Waals surface area contributed by atoms with E-state index < -0.39 is 0 Å². The lowest BCUT2D eigenvalue weighted by molar-refractivity contribution is 0.669. The number of nitrogens with zero attached hydrogens (tertiary/aromatic N) is 4. The van der Waals surface area contributed by atoms with Gasteiger partial charge in [0, 0.05) is 45.4 Å². The molecule has 5 aromatic carbocycles. The summed E-state index contributed by atoms with van der Waals surface area (Å²) in [7, 11) is 0. The lowest BCUT2D eigenvalue weighted by atomic mass is 9.98. The second-order valence-corrected chi connectivity index (χ2v) is 10.4. The molecule has 0 aliphatic heterocycles. The Kier molecular flexibility index (Phi) is 6.05. The van der Waals surface area contributed by atoms with Crippen LogP contribution in [0, 0.1) is 0 Å². The monoisotopic (exact) mass is 552 g/mol. The van der Waals surface area contributed by atoms with Gasteiger partial charge in [-0.05, 0) is 34.9 Å². The zero-order valence-electron chi connectivity index (χ0n) is 23.1. The van der Waals surface area contributed by atoms with Gasteiger partial charge < -0.3 is 4.42 Å². The van der Waals surface area contributed by atoms with E-state index in [1.54, 1.807) is 0 Å². The minimum Gasteiger partial charge on any atom is -0.455 e. The number of aromatic nitrogens is 4. The van der Waals surface area contributed by atoms with E-state index in [-0.39, 0.29) is 0 Å². The van der Waals surface area contributed by atoms with Crippen molar-refractivity contribution in [1.29, 1.82) is 0 Å². The molecule has 8 aromatic rings. The predicted octanol–water partition coefficient (Wildman–Crippen LogP) is 9.50. The molecule has 3 heterocycles. The normalized spacial score (nSPS) is 11.3. The molecule has 0 atom stereocenters. The Balaban J connectivity index is 1.22. The molecule has 0 radical (unpaired) electrons. The molecule has 43 heavy (non-hydrogen) atoms. The third-order valence-corrected chi connectivity index (χ3v) is 7.61. The van der Waals surface area contributed by atoms with Crippen molar-refractivity contribution in [3.63, 3.8) is 0 Å². The topological polar surface area (TPSA) is 64.7 Å². The molecular formula is C38H24N4O. The van der Waals surface area contributed by atoms with Crippen LogP contribution in [-0.2, 0) is 0 Å². The molecule has 0 aliphatic rings. The van der Waals surface area contributed by atoms with Crippen molar-refractivity contribution in [2.24, 2.45) is 0 Å². The Morgan fingerprint density at radius 3 is 1.58 bits per heavy atom. The van der Waals surface area contributed by atoms with E-state index in [2.05, 4.69) is 47.4 Å². The van der Waals surface area contributed by atoms with Gasteiger partial charge in [0.25, 0.3) is 0 Å². The van der Waals surface area contributed by atoms with E-state index in [9.17, 15) is 0 Å². The van der Waals surface area contributed by atoms with Crippen LogP contribution in [0.4, 0.5) is 0 Å². The van der Waals surface area contributed by atoms with Gasteiger partial charge in [0.05, 0.1) is 0 Å². The number of hydrogen-bond acceptors (Lipinski definition) is 5. The lowest BCUT2D eigenvalue weighted by Gasteiger charge is -2.10. The lowest BCUT2D eigenvalue weighted by Crippen LogP contribution is -2.00. The van der Waals surface area contributed by atoms with Gasteiger partial charge in [-0.25, -0.2) is 15.0 Å². The summed E-state index contributed by atoms with van der Waals surface area (Å²) in [5.74, 6) is 1.91. The van der Waals surface area contributed by atoms with Gasteiger partial charge in [-0.15, -0.1) is 0 Å². The van der Waals surface area contributed by atoms with Crippen molar-refractivity contribution in [3.8, 4) is 56.4 Å². The molecule has 5 heteroatoms. The summed E-state index contributed by atoms with van der Waals surface area (Å²) in [5, 5.41) is 2.08. The number of hydrogen-bond donors (Lipinski definition) is 0. The summed E-state index contributed by atoms with van der Waals surface area (Å²) in [6.45, 7) is 0. The summed E-state index contributed by atoms with van der Waals surface area (Å²) in [4.78, 5) is 19.2. The zero-order valence-corrected chi connectivity index (χ0v) is 23.1. The van der Waals surface area contributed by atoms with Crippen LogP contribution < -0.4 is 0 Å². The Labute approximate surface area is 248 Å². The average Bonchev–Trinajstić information content (AvgIpc) is 3.48. The van der Waals surface area contributed by atoms with Crippen molar-refractivity contribution in [1.82, 2.24) is 19.9 Å². The van der Waals surface area contributed by atoms with Crippen molar-refractivity contribution in [2.45, 2.75) is 0 Å². The Morgan fingerprint density at radius 2 is 0.907 bits per heavy atom. The van der Waals surface area contributed by atoms with E-state index in [0.717, 1.165) is 60.9 Å². The van der Waals surface area contributed by atoms with Crippen molar-refractivity contribution in [3.05, 3.63) is 146 Å². The fourth-order valence-electron chi connectivity index (χ4n) is 5.49. The fourth-order valence-corrected chi connectivity index (χ4v) is 5.49. The van der Waals surface area contributed by atoms with Crippen LogP contribution in [0.3, 0.4) is 0 Å². The van der Waals surface area contributed by atoms with Crippen molar-refractivity contribution >= 4 is 21.9 Å². The quantitative estimate of drug-likeness (QED) is 0.213. The molecule has 5 nitrogen and oxygen atoms in total. The molecule has 0 spiro atoms. The second kappa shape index (κ2) is 10.5. The SMILES string of the molecule is c1ccc(-c2nc(-c3ccccc3)nc(-c3cccc(-c4cccc(-c5cncc6c5oc5ccccc56)c4)c3)n2)cc1. The summed E-state index contributed by atoms with van der Waals surface area (Å²) < 4.78 is 6.29. The van der Waals surface area contributed by atoms with E-state index >= 15 is 0 Å². The maximum atomic E-state index is 6.29. The average molecular weight is 553 g/mol. The van der Waals surface area contributed by atoms with Gasteiger partial charge in [0.1, 0.15) is 11.2 Å². The molecule has 0 N–H and O–H groups in total. The molecule has 0 saturated carbocycles. The molecule has 0 fully saturated rings. The molecule has 8 rings (SSSR count). The molecule has 0 amide bonds. The molecule has 0 unspecified atom stereocenters. The number of rotatable bonds is 5. The number of furan rings is 1. The molecular weight excluding hydrogens is 528 g/mol. The largest absolute Gasteiger partial charge is 0.455 e. The van der Waals surface area contributed by atoms with Gasteiger partial charge in [0.2, 0.25) is 0 Å². The first-order chi connectivity index (χ1) is 21.3. The highest BCUT2D eigenvalue weighted by Gasteiger charge is 2.15. The Hall–Kier alpha value is -5.94. The van der Waals surface area contributed by atoms with E-state index in [4.69, 9.17) is 19.4 Å². The molecule has 0 aliphatic carbocycles. The van der Waals surface area contributed by atoms with Crippen LogP contribution in [0.5, 0.6) is 0 Å². The highest BCUT2D eigenvalue weighted by atomic mass is 16.3. The third-order valence-electron chi connectivity index (χ3n) is 7.61. The van der Waals surface area contributed by atoms with Gasteiger partial charge in [-0.2, -0.15) is 0 Å². The van der Waals surface area contributed by atoms with Gasteiger partial charge in [-0.3, -0.25) is 4.98 Å². The summed E-state index contributed by atoms with van der Waals surface area (Å²) in [5.41, 5.74) is 8.65. The number of para-hydroxylation sites is 1. The third kappa shape index (κ3) is 4.63. The second-order valence-electron chi connectivity index (χ2n) is 10.4. The van der Waals surface area contributed by atoms with Gasteiger partial charge in [0.15, 0.2) is 17.5 Å². The molecule has 0 bridgehead atoms. The van der Waals surface area contributed by atoms with E-state index in [1.165, 1.54) is 0 Å². The minimum absolute atomic E-state index is 0.627.